The SMILES string of the molecule is CCCCCCCCCCCCCCCCCCCCC(=O)O[C@H](COC(=O)CCCCCCCCC(C)CC)COP(=O)(O)OC[C@H](O)COP(=O)(O)OC[C@@H](COC(=O)CCCCCCCCCCCCCCCCC(C)CC)OC(=O)CCCCCCCCCCCCCCCCCCCCC(C)CC. The van der Waals surface area contributed by atoms with Gasteiger partial charge in [0.1, 0.15) is 19.3 Å². The van der Waals surface area contributed by atoms with Crippen LogP contribution in [0.25, 0.3) is 0 Å². The Kier molecular flexibility index (Phi) is 77.5. The number of aliphatic hydroxyl groups excluding tert-OH is 1. The smallest absolute Gasteiger partial charge is 0.462 e. The van der Waals surface area contributed by atoms with Crippen LogP contribution in [0.5, 0.6) is 0 Å². The number of ether oxygens (including phenoxy) is 4. The van der Waals surface area contributed by atoms with Crippen LogP contribution in [-0.4, -0.2) is 96.7 Å². The number of phosphoric ester groups is 2. The van der Waals surface area contributed by atoms with Crippen LogP contribution in [0.15, 0.2) is 0 Å². The zero-order valence-corrected chi connectivity index (χ0v) is 73.1. The normalized spacial score (nSPS) is 14.6. The third-order valence-corrected chi connectivity index (χ3v) is 23.9. The molecule has 0 aromatic heterocycles. The molecule has 0 aromatic carbocycles. The summed E-state index contributed by atoms with van der Waals surface area (Å²) < 4.78 is 69.0. The van der Waals surface area contributed by atoms with E-state index in [-0.39, 0.29) is 25.7 Å². The van der Waals surface area contributed by atoms with Crippen LogP contribution in [-0.2, 0) is 65.4 Å². The standard InChI is InChI=1S/C89H174O17P2/c1-8-12-13-14-15-16-17-18-19-20-24-27-34-39-44-49-58-66-73-89(94)106-85(77-100-87(92)71-64-57-52-51-55-62-69-82(7)11-4)79-104-108(97,98)102-75-83(90)74-101-107(95,96)103-78-84(76-99-86(91)70-63-56-48-43-38-33-30-29-32-37-42-47-54-61-68-81(6)10-3)105-88(93)72-65-59-50-45-40-35-28-25-22-21-23-26-31-36-41-46-53-60-67-80(5)9-2/h80-85,90H,8-79H2,1-7H3,(H,95,96)(H,97,98)/t80?,81?,82?,83-,84-,85-/m1/s1. The lowest BCUT2D eigenvalue weighted by Gasteiger charge is -2.21. The molecule has 0 aliphatic carbocycles. The van der Waals surface area contributed by atoms with Gasteiger partial charge in [-0.15, -0.1) is 0 Å². The summed E-state index contributed by atoms with van der Waals surface area (Å²) in [5.41, 5.74) is 0. The number of carbonyl (C=O) groups is 4. The molecular formula is C89H174O17P2. The van der Waals surface area contributed by atoms with Crippen molar-refractivity contribution >= 4 is 39.5 Å². The van der Waals surface area contributed by atoms with Crippen LogP contribution in [0.3, 0.4) is 0 Å². The van der Waals surface area contributed by atoms with E-state index < -0.39 is 97.5 Å². The lowest BCUT2D eigenvalue weighted by molar-refractivity contribution is -0.161. The van der Waals surface area contributed by atoms with Crippen molar-refractivity contribution in [2.75, 3.05) is 39.6 Å². The Morgan fingerprint density at radius 1 is 0.259 bits per heavy atom. The van der Waals surface area contributed by atoms with Crippen molar-refractivity contribution < 1.29 is 80.2 Å². The summed E-state index contributed by atoms with van der Waals surface area (Å²) in [4.78, 5) is 73.3. The van der Waals surface area contributed by atoms with Gasteiger partial charge >= 0.3 is 39.5 Å². The minimum atomic E-state index is -4.97. The number of hydrogen-bond donors (Lipinski definition) is 3. The van der Waals surface area contributed by atoms with Crippen LogP contribution in [0.1, 0.15) is 472 Å². The fourth-order valence-corrected chi connectivity index (χ4v) is 15.4. The van der Waals surface area contributed by atoms with Crippen LogP contribution in [0.2, 0.25) is 0 Å². The molecule has 0 aromatic rings. The molecule has 19 heteroatoms. The average molecular weight is 1580 g/mol. The van der Waals surface area contributed by atoms with Gasteiger partial charge in [0, 0.05) is 25.7 Å². The highest BCUT2D eigenvalue weighted by Gasteiger charge is 2.31. The zero-order chi connectivity index (χ0) is 79.3. The van der Waals surface area contributed by atoms with Gasteiger partial charge in [-0.1, -0.05) is 421 Å². The lowest BCUT2D eigenvalue weighted by Crippen LogP contribution is -2.30. The number of hydrogen-bond acceptors (Lipinski definition) is 15. The van der Waals surface area contributed by atoms with Crippen LogP contribution < -0.4 is 0 Å². The number of rotatable bonds is 87. The molecule has 5 unspecified atom stereocenters. The molecular weight excluding hydrogens is 1400 g/mol. The Bertz CT molecular complexity index is 2080. The second-order valence-electron chi connectivity index (χ2n) is 32.7. The van der Waals surface area contributed by atoms with E-state index in [1.165, 1.54) is 276 Å². The van der Waals surface area contributed by atoms with Gasteiger partial charge in [0.25, 0.3) is 0 Å². The molecule has 0 fully saturated rings. The summed E-state index contributed by atoms with van der Waals surface area (Å²) in [6.45, 7) is 12.1. The molecule has 0 saturated heterocycles. The van der Waals surface area contributed by atoms with Crippen LogP contribution in [0, 0.1) is 17.8 Å². The first-order chi connectivity index (χ1) is 52.3. The van der Waals surface area contributed by atoms with E-state index >= 15 is 0 Å². The summed E-state index contributed by atoms with van der Waals surface area (Å²) >= 11 is 0. The predicted molar refractivity (Wildman–Crippen MR) is 446 cm³/mol. The third kappa shape index (κ3) is 78.0. The van der Waals surface area contributed by atoms with Crippen molar-refractivity contribution in [1.82, 2.24) is 0 Å². The summed E-state index contributed by atoms with van der Waals surface area (Å²) in [6, 6.07) is 0. The van der Waals surface area contributed by atoms with Gasteiger partial charge in [-0.25, -0.2) is 9.13 Å². The highest BCUT2D eigenvalue weighted by Crippen LogP contribution is 2.45. The molecule has 108 heavy (non-hydrogen) atoms. The van der Waals surface area contributed by atoms with Crippen molar-refractivity contribution in [2.24, 2.45) is 17.8 Å². The molecule has 0 heterocycles. The molecule has 0 saturated carbocycles. The molecule has 0 spiro atoms. The van der Waals surface area contributed by atoms with Crippen molar-refractivity contribution in [3.05, 3.63) is 0 Å². The highest BCUT2D eigenvalue weighted by atomic mass is 31.2. The molecule has 0 rings (SSSR count). The zero-order valence-electron chi connectivity index (χ0n) is 71.3. The molecule has 0 aliphatic heterocycles. The first-order valence-electron chi connectivity index (χ1n) is 46.0. The fraction of sp³-hybridized carbons (Fsp3) is 0.955. The summed E-state index contributed by atoms with van der Waals surface area (Å²) in [7, 11) is -9.93. The van der Waals surface area contributed by atoms with Crippen LogP contribution in [0.4, 0.5) is 0 Å². The van der Waals surface area contributed by atoms with Crippen molar-refractivity contribution in [2.45, 2.75) is 491 Å². The first-order valence-corrected chi connectivity index (χ1v) is 49.0. The number of phosphoric acid groups is 2. The van der Waals surface area contributed by atoms with E-state index in [0.717, 1.165) is 114 Å². The van der Waals surface area contributed by atoms with E-state index in [4.69, 9.17) is 37.0 Å². The second-order valence-corrected chi connectivity index (χ2v) is 35.6. The predicted octanol–water partition coefficient (Wildman–Crippen LogP) is 27.3. The largest absolute Gasteiger partial charge is 0.472 e. The van der Waals surface area contributed by atoms with E-state index in [2.05, 4.69) is 48.5 Å². The van der Waals surface area contributed by atoms with Gasteiger partial charge in [-0.3, -0.25) is 37.3 Å². The fourth-order valence-electron chi connectivity index (χ4n) is 13.8. The first kappa shape index (κ1) is 106. The Balaban J connectivity index is 5.23. The highest BCUT2D eigenvalue weighted by molar-refractivity contribution is 7.47. The van der Waals surface area contributed by atoms with E-state index in [1.54, 1.807) is 0 Å². The van der Waals surface area contributed by atoms with E-state index in [9.17, 15) is 43.2 Å². The number of unbranched alkanes of at least 4 members (excludes halogenated alkanes) is 52. The Morgan fingerprint density at radius 3 is 0.657 bits per heavy atom. The summed E-state index contributed by atoms with van der Waals surface area (Å²) in [5, 5.41) is 10.7. The molecule has 0 amide bonds. The summed E-state index contributed by atoms with van der Waals surface area (Å²) in [5.74, 6) is 0.350. The average Bonchev–Trinajstić information content (AvgIpc) is 0.898. The number of carbonyl (C=O) groups excluding carboxylic acids is 4. The monoisotopic (exact) mass is 1580 g/mol. The molecule has 8 atom stereocenters. The van der Waals surface area contributed by atoms with Gasteiger partial charge in [0.2, 0.25) is 0 Å². The van der Waals surface area contributed by atoms with Crippen molar-refractivity contribution in [3.8, 4) is 0 Å². The van der Waals surface area contributed by atoms with Gasteiger partial charge in [0.05, 0.1) is 26.4 Å². The second kappa shape index (κ2) is 78.9. The molecule has 0 aliphatic rings. The molecule has 3 N–H and O–H groups in total. The van der Waals surface area contributed by atoms with E-state index in [0.29, 0.717) is 25.7 Å². The lowest BCUT2D eigenvalue weighted by atomic mass is 9.99. The third-order valence-electron chi connectivity index (χ3n) is 22.0. The molecule has 0 radical (unpaired) electrons. The number of esters is 4. The summed E-state index contributed by atoms with van der Waals surface area (Å²) in [6.07, 6.45) is 70.8. The van der Waals surface area contributed by atoms with E-state index in [1.807, 2.05) is 0 Å². The van der Waals surface area contributed by atoms with Gasteiger partial charge in [0.15, 0.2) is 12.2 Å². The number of aliphatic hydroxyl groups is 1. The van der Waals surface area contributed by atoms with Gasteiger partial charge < -0.3 is 33.8 Å². The maximum Gasteiger partial charge on any atom is 0.472 e. The Morgan fingerprint density at radius 2 is 0.444 bits per heavy atom. The maximum atomic E-state index is 13.2. The Hall–Kier alpha value is -1.94. The topological polar surface area (TPSA) is 237 Å². The Labute approximate surface area is 664 Å². The quantitative estimate of drug-likeness (QED) is 0.0222. The minimum Gasteiger partial charge on any atom is -0.462 e. The molecule has 17 nitrogen and oxygen atoms in total. The molecule has 0 bridgehead atoms. The minimum absolute atomic E-state index is 0.108. The molecule has 642 valence electrons. The van der Waals surface area contributed by atoms with Crippen molar-refractivity contribution in [3.63, 3.8) is 0 Å². The maximum absolute atomic E-state index is 13.2. The van der Waals surface area contributed by atoms with Crippen LogP contribution >= 0.6 is 15.6 Å². The van der Waals surface area contributed by atoms with Gasteiger partial charge in [-0.05, 0) is 43.4 Å². The van der Waals surface area contributed by atoms with Crippen molar-refractivity contribution in [1.29, 1.82) is 0 Å². The van der Waals surface area contributed by atoms with Gasteiger partial charge in [-0.2, -0.15) is 0 Å².